The maximum atomic E-state index is 11.7. The minimum absolute atomic E-state index is 0.197. The molecule has 1 rings (SSSR count). The van der Waals surface area contributed by atoms with Gasteiger partial charge in [0.25, 0.3) is 5.56 Å². The van der Waals surface area contributed by atoms with E-state index in [0.29, 0.717) is 13.1 Å². The van der Waals surface area contributed by atoms with E-state index in [1.165, 1.54) is 4.57 Å². The maximum Gasteiger partial charge on any atom is 0.330 e. The summed E-state index contributed by atoms with van der Waals surface area (Å²) in [6, 6.07) is 0. The van der Waals surface area contributed by atoms with E-state index in [4.69, 9.17) is 5.73 Å². The Morgan fingerprint density at radius 2 is 2.11 bits per heavy atom. The van der Waals surface area contributed by atoms with E-state index < -0.39 is 11.2 Å². The van der Waals surface area contributed by atoms with Gasteiger partial charge < -0.3 is 11.1 Å². The van der Waals surface area contributed by atoms with Crippen LogP contribution in [0.25, 0.3) is 0 Å². The van der Waals surface area contributed by atoms with Crippen LogP contribution in [0, 0.1) is 5.92 Å². The number of hydrogen-bond acceptors (Lipinski definition) is 4. The highest BCUT2D eigenvalue weighted by molar-refractivity contribution is 5.60. The van der Waals surface area contributed by atoms with E-state index in [2.05, 4.69) is 10.3 Å². The first-order chi connectivity index (χ1) is 8.97. The monoisotopic (exact) mass is 266 g/mol. The van der Waals surface area contributed by atoms with Crippen molar-refractivity contribution < 1.29 is 0 Å². The summed E-state index contributed by atoms with van der Waals surface area (Å²) in [7, 11) is 0. The van der Waals surface area contributed by atoms with Gasteiger partial charge in [-0.3, -0.25) is 14.3 Å². The Morgan fingerprint density at radius 1 is 1.42 bits per heavy atom. The quantitative estimate of drug-likeness (QED) is 0.532. The van der Waals surface area contributed by atoms with Crippen LogP contribution < -0.4 is 22.3 Å². The van der Waals surface area contributed by atoms with Crippen LogP contribution in [0.15, 0.2) is 21.7 Å². The molecule has 0 aliphatic carbocycles. The first-order valence-electron chi connectivity index (χ1n) is 6.45. The molecular weight excluding hydrogens is 244 g/mol. The second-order valence-electron chi connectivity index (χ2n) is 4.81. The molecule has 1 aromatic heterocycles. The Hall–Kier alpha value is -1.98. The Balaban J connectivity index is 3.03. The Morgan fingerprint density at radius 3 is 2.68 bits per heavy atom. The van der Waals surface area contributed by atoms with Gasteiger partial charge in [0.05, 0.1) is 0 Å². The Kier molecular flexibility index (Phi) is 5.41. The summed E-state index contributed by atoms with van der Waals surface area (Å²) < 4.78 is 1.39. The molecule has 0 aliphatic rings. The van der Waals surface area contributed by atoms with Gasteiger partial charge in [0.1, 0.15) is 11.5 Å². The van der Waals surface area contributed by atoms with Crippen LogP contribution in [0.1, 0.15) is 27.2 Å². The Bertz CT molecular complexity index is 555. The molecule has 6 heteroatoms. The molecule has 0 bridgehead atoms. The topological polar surface area (TPSA) is 92.9 Å². The largest absolute Gasteiger partial charge is 0.383 e. The predicted molar refractivity (Wildman–Crippen MR) is 78.5 cm³/mol. The van der Waals surface area contributed by atoms with Crippen molar-refractivity contribution >= 4 is 11.5 Å². The number of hydrogen-bond donors (Lipinski definition) is 3. The molecule has 1 aromatic rings. The van der Waals surface area contributed by atoms with Gasteiger partial charge in [-0.25, -0.2) is 4.79 Å². The normalized spacial score (nSPS) is 11.4. The highest BCUT2D eigenvalue weighted by atomic mass is 16.2. The van der Waals surface area contributed by atoms with Crippen molar-refractivity contribution in [2.24, 2.45) is 5.92 Å². The van der Waals surface area contributed by atoms with Gasteiger partial charge in [-0.2, -0.15) is 0 Å². The van der Waals surface area contributed by atoms with Gasteiger partial charge in [-0.05, 0) is 19.3 Å². The van der Waals surface area contributed by atoms with E-state index in [1.807, 2.05) is 32.9 Å². The fourth-order valence-electron chi connectivity index (χ4n) is 1.75. The standard InChI is InChI=1S/C13H22N4O2/c1-4-5-6-7-15-10-11(14)17(8-9(2)3)13(19)16-12(10)18/h4-5,9,15H,6-8,14H2,1-3H3,(H,16,18,19)/b5-4+. The molecule has 106 valence electrons. The van der Waals surface area contributed by atoms with E-state index >= 15 is 0 Å². The molecule has 19 heavy (non-hydrogen) atoms. The summed E-state index contributed by atoms with van der Waals surface area (Å²) in [6.45, 7) is 6.97. The molecule has 4 N–H and O–H groups in total. The smallest absolute Gasteiger partial charge is 0.330 e. The van der Waals surface area contributed by atoms with Crippen LogP contribution in [-0.2, 0) is 6.54 Å². The van der Waals surface area contributed by atoms with Crippen LogP contribution in [0.3, 0.4) is 0 Å². The molecular formula is C13H22N4O2. The van der Waals surface area contributed by atoms with Gasteiger partial charge in [0, 0.05) is 13.1 Å². The highest BCUT2D eigenvalue weighted by Gasteiger charge is 2.12. The van der Waals surface area contributed by atoms with Crippen LogP contribution >= 0.6 is 0 Å². The van der Waals surface area contributed by atoms with Gasteiger partial charge in [-0.1, -0.05) is 26.0 Å². The number of rotatable bonds is 6. The summed E-state index contributed by atoms with van der Waals surface area (Å²) in [6.07, 6.45) is 4.72. The van der Waals surface area contributed by atoms with Gasteiger partial charge >= 0.3 is 5.69 Å². The van der Waals surface area contributed by atoms with Crippen molar-refractivity contribution in [2.75, 3.05) is 17.6 Å². The van der Waals surface area contributed by atoms with Crippen LogP contribution in [0.5, 0.6) is 0 Å². The van der Waals surface area contributed by atoms with E-state index in [-0.39, 0.29) is 17.4 Å². The number of nitrogen functional groups attached to an aromatic ring is 1. The van der Waals surface area contributed by atoms with Crippen LogP contribution in [0.2, 0.25) is 0 Å². The fraction of sp³-hybridized carbons (Fsp3) is 0.538. The second-order valence-corrected chi connectivity index (χ2v) is 4.81. The number of H-pyrrole nitrogens is 1. The molecule has 0 fully saturated rings. The molecule has 0 atom stereocenters. The number of anilines is 2. The number of nitrogens with zero attached hydrogens (tertiary/aromatic N) is 1. The molecule has 0 saturated heterocycles. The lowest BCUT2D eigenvalue weighted by Crippen LogP contribution is -2.35. The number of aromatic amines is 1. The molecule has 0 unspecified atom stereocenters. The van der Waals surface area contributed by atoms with Crippen molar-refractivity contribution in [1.82, 2.24) is 9.55 Å². The number of allylic oxidation sites excluding steroid dienone is 1. The lowest BCUT2D eigenvalue weighted by molar-refractivity contribution is 0.508. The second kappa shape index (κ2) is 6.82. The van der Waals surface area contributed by atoms with E-state index in [9.17, 15) is 9.59 Å². The van der Waals surface area contributed by atoms with Gasteiger partial charge in [0.15, 0.2) is 0 Å². The third-order valence-electron chi connectivity index (χ3n) is 2.64. The average molecular weight is 266 g/mol. The van der Waals surface area contributed by atoms with E-state index in [1.54, 1.807) is 0 Å². The summed E-state index contributed by atoms with van der Waals surface area (Å²) in [5.41, 5.74) is 5.25. The van der Waals surface area contributed by atoms with Gasteiger partial charge in [0.2, 0.25) is 0 Å². The molecule has 0 aromatic carbocycles. The third kappa shape index (κ3) is 4.01. The summed E-state index contributed by atoms with van der Waals surface area (Å²) >= 11 is 0. The van der Waals surface area contributed by atoms with Crippen LogP contribution in [0.4, 0.5) is 11.5 Å². The molecule has 0 spiro atoms. The molecule has 0 aliphatic heterocycles. The van der Waals surface area contributed by atoms with Gasteiger partial charge in [-0.15, -0.1) is 0 Å². The SMILES string of the molecule is C/C=C/CCNc1c(N)n(CC(C)C)c(=O)[nH]c1=O. The third-order valence-corrected chi connectivity index (χ3v) is 2.64. The maximum absolute atomic E-state index is 11.7. The van der Waals surface area contributed by atoms with Crippen LogP contribution in [-0.4, -0.2) is 16.1 Å². The number of aromatic nitrogens is 2. The minimum atomic E-state index is -0.469. The van der Waals surface area contributed by atoms with Crippen molar-refractivity contribution in [2.45, 2.75) is 33.7 Å². The average Bonchev–Trinajstić information content (AvgIpc) is 2.33. The first kappa shape index (κ1) is 15.1. The fourth-order valence-corrected chi connectivity index (χ4v) is 1.75. The predicted octanol–water partition coefficient (Wildman–Crippen LogP) is 1.15. The van der Waals surface area contributed by atoms with Crippen molar-refractivity contribution in [3.05, 3.63) is 33.0 Å². The van der Waals surface area contributed by atoms with Crippen molar-refractivity contribution in [1.29, 1.82) is 0 Å². The molecule has 0 saturated carbocycles. The molecule has 1 heterocycles. The zero-order chi connectivity index (χ0) is 14.4. The summed E-state index contributed by atoms with van der Waals surface area (Å²) in [5, 5.41) is 2.98. The van der Waals surface area contributed by atoms with Crippen molar-refractivity contribution in [3.63, 3.8) is 0 Å². The number of nitrogens with two attached hydrogens (primary N) is 1. The molecule has 6 nitrogen and oxygen atoms in total. The van der Waals surface area contributed by atoms with E-state index in [0.717, 1.165) is 6.42 Å². The lowest BCUT2D eigenvalue weighted by atomic mass is 10.2. The number of nitrogens with one attached hydrogen (secondary N) is 2. The zero-order valence-corrected chi connectivity index (χ0v) is 11.7. The van der Waals surface area contributed by atoms with Crippen molar-refractivity contribution in [3.8, 4) is 0 Å². The zero-order valence-electron chi connectivity index (χ0n) is 11.7. The summed E-state index contributed by atoms with van der Waals surface area (Å²) in [4.78, 5) is 25.7. The lowest BCUT2D eigenvalue weighted by Gasteiger charge is -2.15. The first-order valence-corrected chi connectivity index (χ1v) is 6.45. The molecule has 0 amide bonds. The molecule has 0 radical (unpaired) electrons. The minimum Gasteiger partial charge on any atom is -0.383 e. The Labute approximate surface area is 112 Å². The highest BCUT2D eigenvalue weighted by Crippen LogP contribution is 2.11. The summed E-state index contributed by atoms with van der Waals surface area (Å²) in [5.74, 6) is 0.463.